The Morgan fingerprint density at radius 1 is 1.21 bits per heavy atom. The molecule has 0 aliphatic heterocycles. The number of aliphatic hydroxyl groups is 1. The van der Waals surface area contributed by atoms with Gasteiger partial charge in [0.15, 0.2) is 5.96 Å². The van der Waals surface area contributed by atoms with Crippen LogP contribution in [0.3, 0.4) is 0 Å². The summed E-state index contributed by atoms with van der Waals surface area (Å²) >= 11 is 0. The Bertz CT molecular complexity index is 687. The van der Waals surface area contributed by atoms with E-state index in [1.165, 1.54) is 0 Å². The molecule has 0 amide bonds. The van der Waals surface area contributed by atoms with Crippen LogP contribution in [0.2, 0.25) is 0 Å². The van der Waals surface area contributed by atoms with Gasteiger partial charge in [0.1, 0.15) is 11.5 Å². The lowest BCUT2D eigenvalue weighted by atomic mass is 10.1. The van der Waals surface area contributed by atoms with Crippen LogP contribution in [0, 0.1) is 0 Å². The molecule has 1 unspecified atom stereocenters. The standard InChI is InChI=1S/C19H29N5O3.HI/c1-4-20-19(21-7-5-9-24-10-6-8-23-24)22-14-18(25)15-11-16(26-2)13-17(12-15)27-3;/h6,8,10-13,18,25H,4-5,7,9,14H2,1-3H3,(H2,20,21,22);1H. The first-order chi connectivity index (χ1) is 13.2. The number of rotatable bonds is 10. The number of methoxy groups -OCH3 is 2. The maximum absolute atomic E-state index is 10.5. The van der Waals surface area contributed by atoms with Gasteiger partial charge >= 0.3 is 0 Å². The zero-order valence-electron chi connectivity index (χ0n) is 16.6. The number of guanidine groups is 1. The maximum atomic E-state index is 10.5. The molecule has 0 spiro atoms. The van der Waals surface area contributed by atoms with Gasteiger partial charge in [-0.15, -0.1) is 24.0 Å². The first-order valence-corrected chi connectivity index (χ1v) is 9.07. The smallest absolute Gasteiger partial charge is 0.191 e. The van der Waals surface area contributed by atoms with Crippen LogP contribution in [0.25, 0.3) is 0 Å². The Balaban J connectivity index is 0.00000392. The topological polar surface area (TPSA) is 92.9 Å². The fourth-order valence-electron chi connectivity index (χ4n) is 2.53. The molecular formula is C19H30IN5O3. The molecule has 3 N–H and O–H groups in total. The minimum Gasteiger partial charge on any atom is -0.497 e. The number of nitrogens with zero attached hydrogens (tertiary/aromatic N) is 3. The Labute approximate surface area is 183 Å². The second kappa shape index (κ2) is 13.2. The molecule has 0 fully saturated rings. The predicted octanol–water partition coefficient (Wildman–Crippen LogP) is 2.20. The second-order valence-electron chi connectivity index (χ2n) is 5.93. The minimum absolute atomic E-state index is 0. The Kier molecular flexibility index (Phi) is 11.3. The van der Waals surface area contributed by atoms with Gasteiger partial charge in [-0.1, -0.05) is 0 Å². The summed E-state index contributed by atoms with van der Waals surface area (Å²) < 4.78 is 12.4. The summed E-state index contributed by atoms with van der Waals surface area (Å²) in [5, 5.41) is 21.1. The molecule has 28 heavy (non-hydrogen) atoms. The number of halogens is 1. The molecule has 0 aliphatic rings. The van der Waals surface area contributed by atoms with Crippen LogP contribution in [0.4, 0.5) is 0 Å². The average Bonchev–Trinajstić information content (AvgIpc) is 3.22. The molecule has 0 radical (unpaired) electrons. The van der Waals surface area contributed by atoms with E-state index >= 15 is 0 Å². The van der Waals surface area contributed by atoms with Crippen molar-refractivity contribution in [2.45, 2.75) is 26.0 Å². The van der Waals surface area contributed by atoms with Gasteiger partial charge in [0.05, 0.1) is 26.9 Å². The van der Waals surface area contributed by atoms with Crippen molar-refractivity contribution in [3.63, 3.8) is 0 Å². The lowest BCUT2D eigenvalue weighted by Gasteiger charge is -2.15. The average molecular weight is 503 g/mol. The van der Waals surface area contributed by atoms with E-state index in [2.05, 4.69) is 20.7 Å². The van der Waals surface area contributed by atoms with E-state index in [1.54, 1.807) is 38.6 Å². The fourth-order valence-corrected chi connectivity index (χ4v) is 2.53. The van der Waals surface area contributed by atoms with Crippen molar-refractivity contribution in [2.24, 2.45) is 4.99 Å². The third kappa shape index (κ3) is 7.93. The predicted molar refractivity (Wildman–Crippen MR) is 121 cm³/mol. The van der Waals surface area contributed by atoms with Gasteiger partial charge in [-0.25, -0.2) is 0 Å². The molecule has 8 nitrogen and oxygen atoms in total. The molecule has 0 bridgehead atoms. The van der Waals surface area contributed by atoms with Crippen LogP contribution in [-0.4, -0.2) is 54.7 Å². The molecule has 0 aliphatic carbocycles. The highest BCUT2D eigenvalue weighted by Gasteiger charge is 2.11. The van der Waals surface area contributed by atoms with Crippen LogP contribution < -0.4 is 20.1 Å². The molecule has 156 valence electrons. The maximum Gasteiger partial charge on any atom is 0.191 e. The number of ether oxygens (including phenoxy) is 2. The van der Waals surface area contributed by atoms with Crippen LogP contribution in [0.5, 0.6) is 11.5 Å². The number of aromatic nitrogens is 2. The summed E-state index contributed by atoms with van der Waals surface area (Å²) in [5.41, 5.74) is 0.699. The molecule has 9 heteroatoms. The highest BCUT2D eigenvalue weighted by Crippen LogP contribution is 2.26. The zero-order valence-corrected chi connectivity index (χ0v) is 18.9. The van der Waals surface area contributed by atoms with Crippen LogP contribution in [-0.2, 0) is 6.54 Å². The molecule has 1 aromatic carbocycles. The molecule has 2 rings (SSSR count). The quantitative estimate of drug-likeness (QED) is 0.199. The lowest BCUT2D eigenvalue weighted by Crippen LogP contribution is -2.38. The Morgan fingerprint density at radius 3 is 2.50 bits per heavy atom. The number of hydrogen-bond acceptors (Lipinski definition) is 5. The summed E-state index contributed by atoms with van der Waals surface area (Å²) in [6.07, 6.45) is 3.88. The largest absolute Gasteiger partial charge is 0.497 e. The van der Waals surface area contributed by atoms with Crippen molar-refractivity contribution in [1.29, 1.82) is 0 Å². The van der Waals surface area contributed by atoms with Crippen molar-refractivity contribution >= 4 is 29.9 Å². The van der Waals surface area contributed by atoms with Gasteiger partial charge in [0.25, 0.3) is 0 Å². The van der Waals surface area contributed by atoms with E-state index in [4.69, 9.17) is 9.47 Å². The normalized spacial score (nSPS) is 12.1. The monoisotopic (exact) mass is 503 g/mol. The van der Waals surface area contributed by atoms with Crippen molar-refractivity contribution in [2.75, 3.05) is 33.9 Å². The highest BCUT2D eigenvalue weighted by molar-refractivity contribution is 14.0. The third-order valence-corrected chi connectivity index (χ3v) is 3.94. The van der Waals surface area contributed by atoms with E-state index in [0.29, 0.717) is 23.0 Å². The molecular weight excluding hydrogens is 473 g/mol. The van der Waals surface area contributed by atoms with Gasteiger partial charge in [0.2, 0.25) is 0 Å². The van der Waals surface area contributed by atoms with Gasteiger partial charge in [0, 0.05) is 38.1 Å². The van der Waals surface area contributed by atoms with E-state index in [0.717, 1.165) is 26.1 Å². The van der Waals surface area contributed by atoms with Crippen LogP contribution in [0.15, 0.2) is 41.7 Å². The number of aliphatic imine (C=N–C) groups is 1. The van der Waals surface area contributed by atoms with E-state index in [-0.39, 0.29) is 30.5 Å². The third-order valence-electron chi connectivity index (χ3n) is 3.94. The fraction of sp³-hybridized carbons (Fsp3) is 0.474. The summed E-state index contributed by atoms with van der Waals surface area (Å²) in [7, 11) is 3.17. The lowest BCUT2D eigenvalue weighted by molar-refractivity contribution is 0.186. The number of aryl methyl sites for hydroxylation is 1. The van der Waals surface area contributed by atoms with Crippen LogP contribution in [0.1, 0.15) is 25.0 Å². The van der Waals surface area contributed by atoms with Crippen molar-refractivity contribution < 1.29 is 14.6 Å². The molecule has 2 aromatic rings. The SMILES string of the molecule is CCNC(=NCC(O)c1cc(OC)cc(OC)c1)NCCCn1cccn1.I. The molecule has 0 saturated heterocycles. The molecule has 1 aromatic heterocycles. The van der Waals surface area contributed by atoms with Gasteiger partial charge in [-0.3, -0.25) is 9.67 Å². The van der Waals surface area contributed by atoms with Gasteiger partial charge in [-0.2, -0.15) is 5.10 Å². The number of aliphatic hydroxyl groups excluding tert-OH is 1. The number of nitrogens with one attached hydrogen (secondary N) is 2. The Hall–Kier alpha value is -2.01. The van der Waals surface area contributed by atoms with E-state index in [1.807, 2.05) is 23.9 Å². The van der Waals surface area contributed by atoms with E-state index in [9.17, 15) is 5.11 Å². The summed E-state index contributed by atoms with van der Waals surface area (Å²) in [4.78, 5) is 4.48. The summed E-state index contributed by atoms with van der Waals surface area (Å²) in [6.45, 7) is 4.57. The van der Waals surface area contributed by atoms with Crippen molar-refractivity contribution in [3.8, 4) is 11.5 Å². The zero-order chi connectivity index (χ0) is 19.5. The number of hydrogen-bond donors (Lipinski definition) is 3. The van der Waals surface area contributed by atoms with Crippen molar-refractivity contribution in [3.05, 3.63) is 42.2 Å². The minimum atomic E-state index is -0.756. The molecule has 1 heterocycles. The second-order valence-corrected chi connectivity index (χ2v) is 5.93. The first kappa shape index (κ1) is 24.0. The van der Waals surface area contributed by atoms with Crippen molar-refractivity contribution in [1.82, 2.24) is 20.4 Å². The summed E-state index contributed by atoms with van der Waals surface area (Å²) in [6, 6.07) is 7.25. The van der Waals surface area contributed by atoms with Gasteiger partial charge < -0.3 is 25.2 Å². The number of benzene rings is 1. The molecule has 1 atom stereocenters. The van der Waals surface area contributed by atoms with Gasteiger partial charge in [-0.05, 0) is 37.1 Å². The summed E-state index contributed by atoms with van der Waals surface area (Å²) in [5.74, 6) is 1.94. The first-order valence-electron chi connectivity index (χ1n) is 9.07. The van der Waals surface area contributed by atoms with E-state index < -0.39 is 6.10 Å². The molecule has 0 saturated carbocycles. The Morgan fingerprint density at radius 2 is 1.93 bits per heavy atom. The highest BCUT2D eigenvalue weighted by atomic mass is 127. The van der Waals surface area contributed by atoms with Crippen LogP contribution >= 0.6 is 24.0 Å².